The minimum Gasteiger partial charge on any atom is -0.365 e. The molecule has 5 nitrogen and oxygen atoms in total. The van der Waals surface area contributed by atoms with Crippen LogP contribution in [0.3, 0.4) is 0 Å². The van der Waals surface area contributed by atoms with Crippen molar-refractivity contribution in [3.63, 3.8) is 0 Å². The Kier molecular flexibility index (Phi) is 5.06. The van der Waals surface area contributed by atoms with E-state index in [0.29, 0.717) is 17.1 Å². The average Bonchev–Trinajstić information content (AvgIpc) is 2.34. The van der Waals surface area contributed by atoms with Gasteiger partial charge in [-0.1, -0.05) is 0 Å². The van der Waals surface area contributed by atoms with Crippen LogP contribution in [0, 0.1) is 0 Å². The third-order valence-electron chi connectivity index (χ3n) is 3.89. The van der Waals surface area contributed by atoms with E-state index in [1.54, 1.807) is 14.1 Å². The molecule has 1 amide bonds. The molecular formula is C14H20F3N3O2. The highest BCUT2D eigenvalue weighted by Crippen LogP contribution is 2.29. The fourth-order valence-electron chi connectivity index (χ4n) is 1.84. The summed E-state index contributed by atoms with van der Waals surface area (Å²) in [5.74, 6) is -1.04. The minimum absolute atomic E-state index is 0.167. The lowest BCUT2D eigenvalue weighted by Gasteiger charge is -2.33. The van der Waals surface area contributed by atoms with Crippen molar-refractivity contribution in [3.05, 3.63) is 33.7 Å². The van der Waals surface area contributed by atoms with E-state index in [2.05, 4.69) is 0 Å². The van der Waals surface area contributed by atoms with Gasteiger partial charge in [-0.3, -0.25) is 9.59 Å². The molecule has 0 fully saturated rings. The van der Waals surface area contributed by atoms with Gasteiger partial charge in [0, 0.05) is 12.1 Å². The van der Waals surface area contributed by atoms with Crippen molar-refractivity contribution < 1.29 is 18.0 Å². The first-order valence-electron chi connectivity index (χ1n) is 6.66. The highest BCUT2D eigenvalue weighted by Gasteiger charge is 2.35. The molecular weight excluding hydrogens is 299 g/mol. The van der Waals surface area contributed by atoms with Crippen molar-refractivity contribution in [2.45, 2.75) is 38.5 Å². The van der Waals surface area contributed by atoms with Crippen molar-refractivity contribution in [1.82, 2.24) is 9.47 Å². The van der Waals surface area contributed by atoms with Crippen molar-refractivity contribution in [2.75, 3.05) is 14.1 Å². The van der Waals surface area contributed by atoms with Crippen LogP contribution >= 0.6 is 0 Å². The predicted molar refractivity (Wildman–Crippen MR) is 76.6 cm³/mol. The number of carbonyl (C=O) groups excluding carboxylic acids is 1. The molecule has 0 aliphatic carbocycles. The average molecular weight is 319 g/mol. The quantitative estimate of drug-likeness (QED) is 0.898. The Morgan fingerprint density at radius 2 is 1.82 bits per heavy atom. The highest BCUT2D eigenvalue weighted by molar-refractivity contribution is 5.92. The Morgan fingerprint density at radius 3 is 2.23 bits per heavy atom. The van der Waals surface area contributed by atoms with E-state index in [9.17, 15) is 22.8 Å². The summed E-state index contributed by atoms with van der Waals surface area (Å²) < 4.78 is 39.7. The molecule has 1 heterocycles. The van der Waals surface area contributed by atoms with Gasteiger partial charge in [0.15, 0.2) is 0 Å². The van der Waals surface area contributed by atoms with Crippen LogP contribution in [0.1, 0.15) is 36.3 Å². The first-order valence-corrected chi connectivity index (χ1v) is 6.66. The number of halogens is 3. The molecule has 1 aromatic heterocycles. The molecule has 22 heavy (non-hydrogen) atoms. The van der Waals surface area contributed by atoms with E-state index in [1.807, 2.05) is 18.7 Å². The first kappa shape index (κ1) is 18.2. The number of rotatable bonds is 5. The Bertz CT molecular complexity index is 619. The molecule has 0 aliphatic rings. The molecule has 0 bridgehead atoms. The summed E-state index contributed by atoms with van der Waals surface area (Å²) in [6, 6.07) is 1.53. The van der Waals surface area contributed by atoms with Crippen LogP contribution in [-0.4, -0.2) is 35.0 Å². The Balaban J connectivity index is 3.34. The summed E-state index contributed by atoms with van der Waals surface area (Å²) in [4.78, 5) is 25.1. The summed E-state index contributed by atoms with van der Waals surface area (Å²) in [5.41, 5.74) is 2.07. The fraction of sp³-hybridized carbons (Fsp3) is 0.571. The number of nitrogens with zero attached hydrogens (tertiary/aromatic N) is 2. The van der Waals surface area contributed by atoms with Crippen LogP contribution < -0.4 is 11.3 Å². The summed E-state index contributed by atoms with van der Waals surface area (Å²) in [7, 11) is 3.60. The number of hydrogen-bond donors (Lipinski definition) is 1. The third-order valence-corrected chi connectivity index (χ3v) is 3.89. The van der Waals surface area contributed by atoms with Crippen LogP contribution in [0.5, 0.6) is 0 Å². The minimum atomic E-state index is -4.68. The number of amides is 1. The number of alkyl halides is 3. The lowest BCUT2D eigenvalue weighted by molar-refractivity contribution is -0.144. The molecule has 124 valence electrons. The molecule has 1 aromatic rings. The monoisotopic (exact) mass is 319 g/mol. The normalized spacial score (nSPS) is 12.7. The molecule has 2 N–H and O–H groups in total. The summed E-state index contributed by atoms with van der Waals surface area (Å²) in [5, 5.41) is 0. The van der Waals surface area contributed by atoms with Crippen molar-refractivity contribution in [2.24, 2.45) is 5.73 Å². The van der Waals surface area contributed by atoms with Crippen molar-refractivity contribution in [3.8, 4) is 0 Å². The van der Waals surface area contributed by atoms with Gasteiger partial charge in [-0.15, -0.1) is 0 Å². The van der Waals surface area contributed by atoms with Gasteiger partial charge in [0.1, 0.15) is 11.3 Å². The van der Waals surface area contributed by atoms with E-state index in [-0.39, 0.29) is 6.54 Å². The van der Waals surface area contributed by atoms with Gasteiger partial charge in [-0.2, -0.15) is 13.2 Å². The van der Waals surface area contributed by atoms with Gasteiger partial charge in [0.2, 0.25) is 0 Å². The molecule has 0 saturated heterocycles. The second-order valence-electron chi connectivity index (χ2n) is 5.91. The Labute approximate surface area is 126 Å². The molecule has 0 aliphatic heterocycles. The zero-order valence-corrected chi connectivity index (χ0v) is 13.0. The van der Waals surface area contributed by atoms with E-state index >= 15 is 0 Å². The molecule has 0 aromatic carbocycles. The number of hydrogen-bond acceptors (Lipinski definition) is 3. The van der Waals surface area contributed by atoms with Crippen molar-refractivity contribution in [1.29, 1.82) is 0 Å². The maximum Gasteiger partial charge on any atom is 0.431 e. The highest BCUT2D eigenvalue weighted by atomic mass is 19.4. The number of nitrogens with two attached hydrogens (primary N) is 1. The topological polar surface area (TPSA) is 68.3 Å². The van der Waals surface area contributed by atoms with Crippen LogP contribution in [0.15, 0.2) is 16.9 Å². The van der Waals surface area contributed by atoms with Gasteiger partial charge >= 0.3 is 6.18 Å². The number of pyridine rings is 1. The van der Waals surface area contributed by atoms with Gasteiger partial charge < -0.3 is 15.2 Å². The maximum atomic E-state index is 13.1. The zero-order valence-electron chi connectivity index (χ0n) is 13.0. The summed E-state index contributed by atoms with van der Waals surface area (Å²) in [6.45, 7) is 3.53. The molecule has 1 rings (SSSR count). The zero-order chi connectivity index (χ0) is 17.3. The van der Waals surface area contributed by atoms with E-state index < -0.39 is 34.4 Å². The number of carbonyl (C=O) groups is 1. The molecule has 0 spiro atoms. The lowest BCUT2D eigenvalue weighted by atomic mass is 9.99. The SMILES string of the molecule is CN(C)C(C)(C)CCn1c(C(F)(F)F)ccc(C(N)=O)c1=O. The summed E-state index contributed by atoms with van der Waals surface area (Å²) in [6.07, 6.45) is -4.39. The first-order chi connectivity index (χ1) is 9.88. The molecule has 0 radical (unpaired) electrons. The number of aromatic nitrogens is 1. The van der Waals surface area contributed by atoms with E-state index in [1.165, 1.54) is 0 Å². The van der Waals surface area contributed by atoms with E-state index in [4.69, 9.17) is 5.73 Å². The predicted octanol–water partition coefficient (Wildman–Crippen LogP) is 1.70. The van der Waals surface area contributed by atoms with Gasteiger partial charge in [0.05, 0.1) is 0 Å². The lowest BCUT2D eigenvalue weighted by Crippen LogP contribution is -2.41. The maximum absolute atomic E-state index is 13.1. The Hall–Kier alpha value is -1.83. The summed E-state index contributed by atoms with van der Waals surface area (Å²) >= 11 is 0. The van der Waals surface area contributed by atoms with Crippen LogP contribution in [0.25, 0.3) is 0 Å². The smallest absolute Gasteiger partial charge is 0.365 e. The molecule has 0 atom stereocenters. The molecule has 0 saturated carbocycles. The van der Waals surface area contributed by atoms with Crippen LogP contribution in [0.4, 0.5) is 13.2 Å². The number of primary amides is 1. The standard InChI is InChI=1S/C14H20F3N3O2/c1-13(2,19(3)4)7-8-20-10(14(15,16)17)6-5-9(11(18)21)12(20)22/h5-6H,7-8H2,1-4H3,(H2,18,21). The van der Waals surface area contributed by atoms with Gasteiger partial charge in [-0.25, -0.2) is 0 Å². The van der Waals surface area contributed by atoms with Gasteiger partial charge in [-0.05, 0) is 46.5 Å². The van der Waals surface area contributed by atoms with Gasteiger partial charge in [0.25, 0.3) is 11.5 Å². The van der Waals surface area contributed by atoms with Crippen LogP contribution in [-0.2, 0) is 12.7 Å². The van der Waals surface area contributed by atoms with Crippen LogP contribution in [0.2, 0.25) is 0 Å². The molecule has 8 heteroatoms. The Morgan fingerprint density at radius 1 is 1.27 bits per heavy atom. The molecule has 0 unspecified atom stereocenters. The van der Waals surface area contributed by atoms with Crippen molar-refractivity contribution >= 4 is 5.91 Å². The second-order valence-corrected chi connectivity index (χ2v) is 5.91. The third kappa shape index (κ3) is 3.88. The fourth-order valence-corrected chi connectivity index (χ4v) is 1.84. The second kappa shape index (κ2) is 6.12. The largest absolute Gasteiger partial charge is 0.431 e. The van der Waals surface area contributed by atoms with E-state index in [0.717, 1.165) is 6.07 Å².